The lowest BCUT2D eigenvalue weighted by molar-refractivity contribution is 0.425. The molecule has 9 heteroatoms. The number of hydrogen-bond acceptors (Lipinski definition) is 6. The van der Waals surface area contributed by atoms with Crippen LogP contribution in [-0.2, 0) is 6.54 Å². The van der Waals surface area contributed by atoms with Gasteiger partial charge in [-0.2, -0.15) is 5.10 Å². The predicted molar refractivity (Wildman–Crippen MR) is 181 cm³/mol. The zero-order valence-electron chi connectivity index (χ0n) is 25.8. The van der Waals surface area contributed by atoms with Crippen LogP contribution in [-0.4, -0.2) is 63.8 Å². The number of likely N-dealkylation sites (N-methyl/N-ethyl adjacent to an activating group) is 1. The Morgan fingerprint density at radius 2 is 1.84 bits per heavy atom. The molecule has 1 aliphatic rings. The summed E-state index contributed by atoms with van der Waals surface area (Å²) < 4.78 is 14.7. The van der Waals surface area contributed by atoms with E-state index >= 15 is 0 Å². The summed E-state index contributed by atoms with van der Waals surface area (Å²) in [5.74, 6) is 0.526. The van der Waals surface area contributed by atoms with Crippen molar-refractivity contribution in [2.45, 2.75) is 32.2 Å². The van der Waals surface area contributed by atoms with Gasteiger partial charge in [0.05, 0.1) is 16.9 Å². The molecule has 4 N–H and O–H groups in total. The second kappa shape index (κ2) is 12.8. The Bertz CT molecular complexity index is 1930. The molecule has 4 heterocycles. The topological polar surface area (TPSA) is 97.5 Å². The molecule has 230 valence electrons. The first kappa shape index (κ1) is 29.1. The molecule has 4 aromatic heterocycles. The van der Waals surface area contributed by atoms with Crippen LogP contribution >= 0.6 is 0 Å². The van der Waals surface area contributed by atoms with Gasteiger partial charge in [0.25, 0.3) is 0 Å². The minimum Gasteiger partial charge on any atom is -0.384 e. The van der Waals surface area contributed by atoms with Crippen molar-refractivity contribution >= 4 is 27.6 Å². The molecular weight excluding hydrogens is 563 g/mol. The molecule has 45 heavy (non-hydrogen) atoms. The quantitative estimate of drug-likeness (QED) is 0.125. The van der Waals surface area contributed by atoms with Gasteiger partial charge in [-0.05, 0) is 105 Å². The van der Waals surface area contributed by atoms with Gasteiger partial charge in [0.2, 0.25) is 0 Å². The fourth-order valence-electron chi connectivity index (χ4n) is 6.41. The number of hydrogen-bond donors (Lipinski definition) is 4. The molecule has 0 spiro atoms. The normalized spacial score (nSPS) is 13.9. The first-order valence-electron chi connectivity index (χ1n) is 15.8. The van der Waals surface area contributed by atoms with E-state index in [9.17, 15) is 4.39 Å². The second-order valence-electron chi connectivity index (χ2n) is 12.4. The maximum absolute atomic E-state index is 14.7. The molecule has 7 rings (SSSR count). The van der Waals surface area contributed by atoms with Crippen molar-refractivity contribution in [3.63, 3.8) is 0 Å². The summed E-state index contributed by atoms with van der Waals surface area (Å²) in [7, 11) is 4.04. The number of nitrogens with zero attached hydrogens (tertiary/aromatic N) is 4. The van der Waals surface area contributed by atoms with Gasteiger partial charge >= 0.3 is 0 Å². The summed E-state index contributed by atoms with van der Waals surface area (Å²) in [6, 6.07) is 19.5. The number of halogens is 1. The molecule has 2 aromatic carbocycles. The Hall–Kier alpha value is -4.60. The van der Waals surface area contributed by atoms with E-state index < -0.39 is 0 Å². The summed E-state index contributed by atoms with van der Waals surface area (Å²) in [4.78, 5) is 15.2. The Morgan fingerprint density at radius 3 is 2.71 bits per heavy atom. The van der Waals surface area contributed by atoms with Crippen molar-refractivity contribution in [3.8, 4) is 33.8 Å². The van der Waals surface area contributed by atoms with E-state index in [1.165, 1.54) is 25.7 Å². The number of benzene rings is 2. The van der Waals surface area contributed by atoms with Crippen molar-refractivity contribution in [2.75, 3.05) is 39.0 Å². The van der Waals surface area contributed by atoms with Crippen LogP contribution in [0.4, 0.5) is 10.1 Å². The molecule has 1 fully saturated rings. The molecule has 8 nitrogen and oxygen atoms in total. The van der Waals surface area contributed by atoms with E-state index in [0.29, 0.717) is 0 Å². The van der Waals surface area contributed by atoms with Gasteiger partial charge in [-0.15, -0.1) is 0 Å². The molecular formula is C36H39FN8. The number of pyridine rings is 2. The first-order chi connectivity index (χ1) is 22.0. The number of rotatable bonds is 11. The Morgan fingerprint density at radius 1 is 0.956 bits per heavy atom. The zero-order chi connectivity index (χ0) is 30.8. The van der Waals surface area contributed by atoms with Crippen molar-refractivity contribution in [2.24, 2.45) is 5.92 Å². The molecule has 1 saturated carbocycles. The average molecular weight is 603 g/mol. The van der Waals surface area contributed by atoms with E-state index in [2.05, 4.69) is 47.8 Å². The van der Waals surface area contributed by atoms with Crippen LogP contribution < -0.4 is 10.6 Å². The van der Waals surface area contributed by atoms with Gasteiger partial charge in [0, 0.05) is 54.2 Å². The highest BCUT2D eigenvalue weighted by Gasteiger charge is 2.17. The average Bonchev–Trinajstić information content (AvgIpc) is 3.80. The molecule has 0 aliphatic heterocycles. The van der Waals surface area contributed by atoms with Crippen LogP contribution in [0.2, 0.25) is 0 Å². The fraction of sp³-hybridized carbons (Fsp3) is 0.306. The summed E-state index contributed by atoms with van der Waals surface area (Å²) in [5, 5.41) is 15.8. The highest BCUT2D eigenvalue weighted by molar-refractivity contribution is 6.00. The summed E-state index contributed by atoms with van der Waals surface area (Å²) in [5.41, 5.74) is 9.66. The van der Waals surface area contributed by atoms with Gasteiger partial charge in [0.1, 0.15) is 17.0 Å². The summed E-state index contributed by atoms with van der Waals surface area (Å²) in [6.07, 6.45) is 9.18. The SMILES string of the molecule is CN(C)CCNc1cc(F)cc(-c2cccc3[nH]c(-c4n[nH]c5ccc(-c6cncc(CNCC7CCCC7)c6)nc45)cc23)c1. The maximum atomic E-state index is 14.7. The molecule has 1 aliphatic carbocycles. The number of aromatic amines is 2. The Labute approximate surface area is 262 Å². The van der Waals surface area contributed by atoms with Crippen molar-refractivity contribution in [1.82, 2.24) is 35.4 Å². The molecule has 6 aromatic rings. The zero-order valence-corrected chi connectivity index (χ0v) is 25.8. The van der Waals surface area contributed by atoms with Crippen LogP contribution in [0.15, 0.2) is 73.1 Å². The Kier molecular flexibility index (Phi) is 8.28. The van der Waals surface area contributed by atoms with E-state index in [-0.39, 0.29) is 5.82 Å². The number of anilines is 1. The van der Waals surface area contributed by atoms with Crippen molar-refractivity contribution in [3.05, 3.63) is 84.4 Å². The number of H-pyrrole nitrogens is 2. The highest BCUT2D eigenvalue weighted by Crippen LogP contribution is 2.35. The molecule has 0 unspecified atom stereocenters. The van der Waals surface area contributed by atoms with Crippen LogP contribution in [0.1, 0.15) is 31.2 Å². The predicted octanol–water partition coefficient (Wildman–Crippen LogP) is 7.23. The van der Waals surface area contributed by atoms with Gasteiger partial charge in [0.15, 0.2) is 0 Å². The van der Waals surface area contributed by atoms with Crippen LogP contribution in [0.5, 0.6) is 0 Å². The van der Waals surface area contributed by atoms with Crippen LogP contribution in [0, 0.1) is 11.7 Å². The first-order valence-corrected chi connectivity index (χ1v) is 15.8. The van der Waals surface area contributed by atoms with Crippen molar-refractivity contribution in [1.29, 1.82) is 0 Å². The number of fused-ring (bicyclic) bond motifs is 2. The van der Waals surface area contributed by atoms with E-state index in [1.807, 2.05) is 62.9 Å². The third-order valence-corrected chi connectivity index (χ3v) is 8.75. The van der Waals surface area contributed by atoms with E-state index in [1.54, 1.807) is 12.1 Å². The van der Waals surface area contributed by atoms with Gasteiger partial charge in [-0.1, -0.05) is 25.0 Å². The van der Waals surface area contributed by atoms with E-state index in [0.717, 1.165) is 99.1 Å². The molecule has 0 bridgehead atoms. The smallest absolute Gasteiger partial charge is 0.135 e. The standard InChI is InChI=1S/C36H39FN8/c1-45(2)13-12-40-28-16-25(15-27(37)17-28)29-8-5-9-32-30(29)18-34(41-32)36-35-33(43-44-36)11-10-31(42-35)26-14-24(21-39-22-26)20-38-19-23-6-3-4-7-23/h5,8-11,14-18,21-23,38,40-41H,3-4,6-7,12-13,19-20H2,1-2H3,(H,43,44). The molecule has 0 atom stereocenters. The minimum absolute atomic E-state index is 0.272. The van der Waals surface area contributed by atoms with Gasteiger partial charge < -0.3 is 20.5 Å². The highest BCUT2D eigenvalue weighted by atomic mass is 19.1. The molecule has 0 radical (unpaired) electrons. The van der Waals surface area contributed by atoms with Crippen molar-refractivity contribution < 1.29 is 4.39 Å². The van der Waals surface area contributed by atoms with Gasteiger partial charge in [-0.3, -0.25) is 10.1 Å². The number of nitrogens with one attached hydrogen (secondary N) is 4. The molecule has 0 amide bonds. The monoisotopic (exact) mass is 602 g/mol. The van der Waals surface area contributed by atoms with Crippen LogP contribution in [0.3, 0.4) is 0 Å². The van der Waals surface area contributed by atoms with Gasteiger partial charge in [-0.25, -0.2) is 9.37 Å². The van der Waals surface area contributed by atoms with Crippen LogP contribution in [0.25, 0.3) is 55.7 Å². The minimum atomic E-state index is -0.272. The molecule has 0 saturated heterocycles. The largest absolute Gasteiger partial charge is 0.384 e. The lowest BCUT2D eigenvalue weighted by Gasteiger charge is -2.13. The third-order valence-electron chi connectivity index (χ3n) is 8.75. The maximum Gasteiger partial charge on any atom is 0.135 e. The lowest BCUT2D eigenvalue weighted by Crippen LogP contribution is -2.20. The fourth-order valence-corrected chi connectivity index (χ4v) is 6.41. The lowest BCUT2D eigenvalue weighted by atomic mass is 10.0. The number of aromatic nitrogens is 5. The summed E-state index contributed by atoms with van der Waals surface area (Å²) in [6.45, 7) is 3.45. The van der Waals surface area contributed by atoms with E-state index in [4.69, 9.17) is 4.98 Å². The summed E-state index contributed by atoms with van der Waals surface area (Å²) >= 11 is 0. The Balaban J connectivity index is 1.17. The third kappa shape index (κ3) is 6.45. The second-order valence-corrected chi connectivity index (χ2v) is 12.4.